The maximum Gasteiger partial charge on any atom is 0.417 e. The first-order valence-corrected chi connectivity index (χ1v) is 6.91. The number of hydrogen-bond donors (Lipinski definition) is 1. The molecule has 0 unspecified atom stereocenters. The second kappa shape index (κ2) is 7.20. The Labute approximate surface area is 137 Å². The molecule has 0 radical (unpaired) electrons. The molecule has 1 N–H and O–H groups in total. The molecule has 2 aromatic rings. The van der Waals surface area contributed by atoms with E-state index in [1.807, 2.05) is 0 Å². The van der Waals surface area contributed by atoms with Crippen molar-refractivity contribution in [2.24, 2.45) is 5.10 Å². The molecule has 0 fully saturated rings. The largest absolute Gasteiger partial charge is 0.493 e. The third kappa shape index (κ3) is 4.15. The van der Waals surface area contributed by atoms with Crippen LogP contribution in [0.3, 0.4) is 0 Å². The van der Waals surface area contributed by atoms with Gasteiger partial charge in [-0.2, -0.15) is 18.3 Å². The lowest BCUT2D eigenvalue weighted by Crippen LogP contribution is -2.06. The number of alkyl halides is 3. The van der Waals surface area contributed by atoms with E-state index in [4.69, 9.17) is 9.47 Å². The van der Waals surface area contributed by atoms with Crippen molar-refractivity contribution in [2.75, 3.05) is 19.6 Å². The minimum absolute atomic E-state index is 0.211. The number of nitrogens with zero attached hydrogens (tertiary/aromatic N) is 2. The van der Waals surface area contributed by atoms with E-state index < -0.39 is 11.7 Å². The summed E-state index contributed by atoms with van der Waals surface area (Å²) in [7, 11) is 3.06. The van der Waals surface area contributed by atoms with Crippen LogP contribution in [0.4, 0.5) is 19.0 Å². The predicted octanol–water partition coefficient (Wildman–Crippen LogP) is 3.95. The van der Waals surface area contributed by atoms with Gasteiger partial charge in [-0.25, -0.2) is 4.98 Å². The molecule has 0 spiro atoms. The molecular weight excluding hydrogens is 323 g/mol. The summed E-state index contributed by atoms with van der Waals surface area (Å²) in [5, 5.41) is 4.11. The van der Waals surface area contributed by atoms with E-state index in [2.05, 4.69) is 15.5 Å². The average Bonchev–Trinajstić information content (AvgIpc) is 2.58. The maximum absolute atomic E-state index is 12.5. The molecular formula is C16H16F3N3O2. The Morgan fingerprint density at radius 1 is 1.08 bits per heavy atom. The third-order valence-corrected chi connectivity index (χ3v) is 3.23. The third-order valence-electron chi connectivity index (χ3n) is 3.23. The molecule has 0 aliphatic heterocycles. The highest BCUT2D eigenvalue weighted by molar-refractivity contribution is 5.99. The number of rotatable bonds is 5. The number of hydrazone groups is 1. The lowest BCUT2D eigenvalue weighted by atomic mass is 10.1. The number of hydrogen-bond acceptors (Lipinski definition) is 5. The molecule has 0 saturated heterocycles. The summed E-state index contributed by atoms with van der Waals surface area (Å²) in [5.74, 6) is 1.35. The molecule has 0 bridgehead atoms. The summed E-state index contributed by atoms with van der Waals surface area (Å²) in [6, 6.07) is 7.44. The predicted molar refractivity (Wildman–Crippen MR) is 84.6 cm³/mol. The molecule has 0 saturated carbocycles. The van der Waals surface area contributed by atoms with Gasteiger partial charge in [-0.1, -0.05) is 0 Å². The Morgan fingerprint density at radius 2 is 1.79 bits per heavy atom. The zero-order valence-electron chi connectivity index (χ0n) is 13.3. The first-order valence-electron chi connectivity index (χ1n) is 6.91. The van der Waals surface area contributed by atoms with Crippen molar-refractivity contribution in [3.8, 4) is 11.5 Å². The minimum Gasteiger partial charge on any atom is -0.493 e. The van der Waals surface area contributed by atoms with Gasteiger partial charge in [-0.05, 0) is 37.3 Å². The molecule has 1 aromatic heterocycles. The van der Waals surface area contributed by atoms with Crippen LogP contribution in [0.15, 0.2) is 41.6 Å². The van der Waals surface area contributed by atoms with E-state index in [-0.39, 0.29) is 5.82 Å². The summed E-state index contributed by atoms with van der Waals surface area (Å²) in [5.41, 5.74) is 3.19. The van der Waals surface area contributed by atoms with Crippen molar-refractivity contribution in [2.45, 2.75) is 13.1 Å². The molecule has 128 valence electrons. The Balaban J connectivity index is 2.14. The van der Waals surface area contributed by atoms with E-state index in [9.17, 15) is 13.2 Å². The Bertz CT molecular complexity index is 728. The molecule has 1 heterocycles. The van der Waals surface area contributed by atoms with Gasteiger partial charge in [0.2, 0.25) is 0 Å². The standard InChI is InChI=1S/C16H16F3N3O2/c1-10(11-4-6-13(23-2)14(8-11)24-3)21-22-15-7-5-12(9-20-15)16(17,18)19/h4-9H,1-3H3,(H,20,22). The van der Waals surface area contributed by atoms with Gasteiger partial charge in [0.1, 0.15) is 5.82 Å². The topological polar surface area (TPSA) is 55.7 Å². The van der Waals surface area contributed by atoms with Crippen molar-refractivity contribution in [3.63, 3.8) is 0 Å². The summed E-state index contributed by atoms with van der Waals surface area (Å²) < 4.78 is 47.8. The van der Waals surface area contributed by atoms with Gasteiger partial charge in [-0.15, -0.1) is 0 Å². The van der Waals surface area contributed by atoms with E-state index in [0.29, 0.717) is 17.2 Å². The van der Waals surface area contributed by atoms with Gasteiger partial charge >= 0.3 is 6.18 Å². The van der Waals surface area contributed by atoms with Crippen LogP contribution in [0.2, 0.25) is 0 Å². The first kappa shape index (κ1) is 17.6. The van der Waals surface area contributed by atoms with E-state index in [1.54, 1.807) is 25.1 Å². The Kier molecular flexibility index (Phi) is 5.28. The van der Waals surface area contributed by atoms with Gasteiger partial charge in [0.25, 0.3) is 0 Å². The fourth-order valence-electron chi connectivity index (χ4n) is 1.89. The number of benzene rings is 1. The van der Waals surface area contributed by atoms with Crippen molar-refractivity contribution in [1.82, 2.24) is 4.98 Å². The second-order valence-corrected chi connectivity index (χ2v) is 4.81. The minimum atomic E-state index is -4.41. The summed E-state index contributed by atoms with van der Waals surface area (Å²) in [6.45, 7) is 1.75. The van der Waals surface area contributed by atoms with Crippen LogP contribution in [0.5, 0.6) is 11.5 Å². The molecule has 0 aliphatic carbocycles. The molecule has 0 atom stereocenters. The maximum atomic E-state index is 12.5. The smallest absolute Gasteiger partial charge is 0.417 e. The molecule has 5 nitrogen and oxygen atoms in total. The highest BCUT2D eigenvalue weighted by Gasteiger charge is 2.30. The molecule has 2 rings (SSSR count). The van der Waals surface area contributed by atoms with Crippen LogP contribution in [-0.2, 0) is 6.18 Å². The second-order valence-electron chi connectivity index (χ2n) is 4.81. The molecule has 0 amide bonds. The molecule has 24 heavy (non-hydrogen) atoms. The summed E-state index contributed by atoms with van der Waals surface area (Å²) in [4.78, 5) is 3.69. The number of nitrogens with one attached hydrogen (secondary N) is 1. The quantitative estimate of drug-likeness (QED) is 0.662. The van der Waals surface area contributed by atoms with Crippen molar-refractivity contribution >= 4 is 11.5 Å². The van der Waals surface area contributed by atoms with E-state index in [0.717, 1.165) is 17.8 Å². The van der Waals surface area contributed by atoms with Crippen molar-refractivity contribution in [1.29, 1.82) is 0 Å². The van der Waals surface area contributed by atoms with Crippen LogP contribution < -0.4 is 14.9 Å². The van der Waals surface area contributed by atoms with Crippen LogP contribution in [0.25, 0.3) is 0 Å². The highest BCUT2D eigenvalue weighted by Crippen LogP contribution is 2.29. The number of pyridine rings is 1. The SMILES string of the molecule is COc1ccc(C(C)=NNc2ccc(C(F)(F)F)cn2)cc1OC. The van der Waals surface area contributed by atoms with Gasteiger partial charge in [0, 0.05) is 11.8 Å². The van der Waals surface area contributed by atoms with E-state index in [1.165, 1.54) is 20.3 Å². The fourth-order valence-corrected chi connectivity index (χ4v) is 1.89. The number of halogens is 3. The van der Waals surface area contributed by atoms with Gasteiger partial charge in [0.15, 0.2) is 11.5 Å². The number of anilines is 1. The van der Waals surface area contributed by atoms with Crippen LogP contribution in [-0.4, -0.2) is 24.9 Å². The van der Waals surface area contributed by atoms with E-state index >= 15 is 0 Å². The van der Waals surface area contributed by atoms with Gasteiger partial charge < -0.3 is 9.47 Å². The number of aromatic nitrogens is 1. The zero-order chi connectivity index (χ0) is 17.7. The fraction of sp³-hybridized carbons (Fsp3) is 0.250. The molecule has 1 aromatic carbocycles. The lowest BCUT2D eigenvalue weighted by molar-refractivity contribution is -0.137. The van der Waals surface area contributed by atoms with Crippen molar-refractivity contribution < 1.29 is 22.6 Å². The van der Waals surface area contributed by atoms with Gasteiger partial charge in [-0.3, -0.25) is 5.43 Å². The zero-order valence-corrected chi connectivity index (χ0v) is 13.3. The Hall–Kier alpha value is -2.77. The van der Waals surface area contributed by atoms with Crippen LogP contribution in [0.1, 0.15) is 18.1 Å². The normalized spacial score (nSPS) is 12.0. The van der Waals surface area contributed by atoms with Crippen LogP contribution in [0, 0.1) is 0 Å². The summed E-state index contributed by atoms with van der Waals surface area (Å²) in [6.07, 6.45) is -3.66. The molecule has 8 heteroatoms. The van der Waals surface area contributed by atoms with Crippen LogP contribution >= 0.6 is 0 Å². The highest BCUT2D eigenvalue weighted by atomic mass is 19.4. The average molecular weight is 339 g/mol. The van der Waals surface area contributed by atoms with Gasteiger partial charge in [0.05, 0.1) is 25.5 Å². The molecule has 0 aliphatic rings. The van der Waals surface area contributed by atoms with Crippen molar-refractivity contribution in [3.05, 3.63) is 47.7 Å². The lowest BCUT2D eigenvalue weighted by Gasteiger charge is -2.10. The first-order chi connectivity index (χ1) is 11.3. The summed E-state index contributed by atoms with van der Waals surface area (Å²) >= 11 is 0. The monoisotopic (exact) mass is 339 g/mol. The number of ether oxygens (including phenoxy) is 2. The number of methoxy groups -OCH3 is 2. The Morgan fingerprint density at radius 3 is 2.33 bits per heavy atom.